The number of carbonyl (C=O) groups is 3. The van der Waals surface area contributed by atoms with Crippen LogP contribution in [0.4, 0.5) is 11.4 Å². The molecule has 0 spiro atoms. The quantitative estimate of drug-likeness (QED) is 0.247. The number of benzene rings is 3. The van der Waals surface area contributed by atoms with E-state index in [1.807, 2.05) is 38.1 Å². The fourth-order valence-corrected chi connectivity index (χ4v) is 5.38. The van der Waals surface area contributed by atoms with Gasteiger partial charge < -0.3 is 10.1 Å². The summed E-state index contributed by atoms with van der Waals surface area (Å²) in [6, 6.07) is 23.5. The van der Waals surface area contributed by atoms with Gasteiger partial charge in [0.05, 0.1) is 17.4 Å². The summed E-state index contributed by atoms with van der Waals surface area (Å²) in [5, 5.41) is 12.6. The molecule has 1 aliphatic rings. The Bertz CT molecular complexity index is 1440. The van der Waals surface area contributed by atoms with Crippen molar-refractivity contribution in [2.24, 2.45) is 0 Å². The highest BCUT2D eigenvalue weighted by Gasteiger charge is 2.40. The van der Waals surface area contributed by atoms with E-state index in [2.05, 4.69) is 5.32 Å². The number of nitrogens with one attached hydrogen (secondary N) is 1. The topological polar surface area (TPSA) is 99.5 Å². The van der Waals surface area contributed by atoms with Crippen molar-refractivity contribution >= 4 is 40.9 Å². The van der Waals surface area contributed by atoms with Gasteiger partial charge in [0, 0.05) is 11.4 Å². The third-order valence-corrected chi connectivity index (χ3v) is 7.52. The Morgan fingerprint density at radius 3 is 2.39 bits per heavy atom. The highest BCUT2D eigenvalue weighted by molar-refractivity contribution is 8.05. The van der Waals surface area contributed by atoms with Gasteiger partial charge >= 0.3 is 5.97 Å². The summed E-state index contributed by atoms with van der Waals surface area (Å²) in [6.07, 6.45) is 0.358. The van der Waals surface area contributed by atoms with Crippen molar-refractivity contribution in [1.29, 1.82) is 5.26 Å². The van der Waals surface area contributed by atoms with E-state index in [0.717, 1.165) is 16.7 Å². The monoisotopic (exact) mass is 525 g/mol. The van der Waals surface area contributed by atoms with Gasteiger partial charge in [-0.15, -0.1) is 0 Å². The maximum atomic E-state index is 13.6. The van der Waals surface area contributed by atoms with Crippen molar-refractivity contribution in [3.05, 3.63) is 106 Å². The van der Waals surface area contributed by atoms with Gasteiger partial charge in [-0.25, -0.2) is 4.79 Å². The molecular formula is C30H27N3O4S. The number of nitriles is 1. The largest absolute Gasteiger partial charge is 0.462 e. The van der Waals surface area contributed by atoms with E-state index in [4.69, 9.17) is 4.74 Å². The van der Waals surface area contributed by atoms with Crippen LogP contribution in [0.1, 0.15) is 34.0 Å². The summed E-state index contributed by atoms with van der Waals surface area (Å²) in [4.78, 5) is 40.4. The third kappa shape index (κ3) is 5.63. The predicted octanol–water partition coefficient (Wildman–Crippen LogP) is 5.55. The number of hydrogen-bond acceptors (Lipinski definition) is 6. The Labute approximate surface area is 226 Å². The van der Waals surface area contributed by atoms with Crippen LogP contribution in [-0.4, -0.2) is 29.6 Å². The Hall–Kier alpha value is -4.35. The van der Waals surface area contributed by atoms with Crippen molar-refractivity contribution in [3.8, 4) is 6.07 Å². The van der Waals surface area contributed by atoms with Crippen LogP contribution in [0.5, 0.6) is 0 Å². The lowest BCUT2D eigenvalue weighted by Crippen LogP contribution is -2.30. The number of nitrogens with zero attached hydrogens (tertiary/aromatic N) is 2. The lowest BCUT2D eigenvalue weighted by atomic mass is 10.1. The zero-order valence-corrected chi connectivity index (χ0v) is 22.2. The summed E-state index contributed by atoms with van der Waals surface area (Å²) >= 11 is 1.20. The Morgan fingerprint density at radius 1 is 1.03 bits per heavy atom. The maximum absolute atomic E-state index is 13.6. The molecule has 1 atom stereocenters. The molecular weight excluding hydrogens is 498 g/mol. The highest BCUT2D eigenvalue weighted by atomic mass is 32.2. The van der Waals surface area contributed by atoms with Gasteiger partial charge in [0.2, 0.25) is 5.91 Å². The van der Waals surface area contributed by atoms with E-state index in [1.165, 1.54) is 16.7 Å². The van der Waals surface area contributed by atoms with Gasteiger partial charge in [0.1, 0.15) is 16.7 Å². The molecule has 3 aromatic rings. The number of aryl methyl sites for hydroxylation is 1. The Kier molecular flexibility index (Phi) is 8.29. The first-order valence-electron chi connectivity index (χ1n) is 12.2. The van der Waals surface area contributed by atoms with Crippen LogP contribution in [0.2, 0.25) is 0 Å². The lowest BCUT2D eigenvalue weighted by molar-refractivity contribution is -0.117. The summed E-state index contributed by atoms with van der Waals surface area (Å²) in [7, 11) is 0. The van der Waals surface area contributed by atoms with Crippen LogP contribution < -0.4 is 10.2 Å². The van der Waals surface area contributed by atoms with E-state index in [9.17, 15) is 19.6 Å². The van der Waals surface area contributed by atoms with Crippen molar-refractivity contribution < 1.29 is 19.1 Å². The van der Waals surface area contributed by atoms with Crippen molar-refractivity contribution in [1.82, 2.24) is 0 Å². The normalized spacial score (nSPS) is 16.1. The molecule has 0 saturated carbocycles. The minimum atomic E-state index is -0.572. The minimum Gasteiger partial charge on any atom is -0.462 e. The summed E-state index contributed by atoms with van der Waals surface area (Å²) in [6.45, 7) is 5.88. The highest BCUT2D eigenvalue weighted by Crippen LogP contribution is 2.42. The average Bonchev–Trinajstić information content (AvgIpc) is 3.23. The van der Waals surface area contributed by atoms with Crippen molar-refractivity contribution in [2.75, 3.05) is 16.8 Å². The zero-order chi connectivity index (χ0) is 27.2. The molecule has 0 radical (unpaired) electrons. The number of thioether (sulfide) groups is 1. The van der Waals surface area contributed by atoms with Gasteiger partial charge in [0.25, 0.3) is 5.91 Å². The molecule has 4 rings (SSSR count). The van der Waals surface area contributed by atoms with Crippen molar-refractivity contribution in [2.45, 2.75) is 32.4 Å². The van der Waals surface area contributed by atoms with Gasteiger partial charge in [-0.1, -0.05) is 54.2 Å². The number of ether oxygens (including phenoxy) is 1. The average molecular weight is 526 g/mol. The maximum Gasteiger partial charge on any atom is 0.338 e. The van der Waals surface area contributed by atoms with Crippen LogP contribution in [-0.2, 0) is 20.7 Å². The SMILES string of the molecule is CCOC(=O)c1ccc(CC2S/C(=C(\C#N)C(=O)Nc3cccc(C)c3C)N(c3ccccc3)C2=O)cc1. The lowest BCUT2D eigenvalue weighted by Gasteiger charge is -2.19. The molecule has 7 nitrogen and oxygen atoms in total. The summed E-state index contributed by atoms with van der Waals surface area (Å²) < 4.78 is 5.03. The second-order valence-electron chi connectivity index (χ2n) is 8.73. The molecule has 0 bridgehead atoms. The third-order valence-electron chi connectivity index (χ3n) is 6.26. The molecule has 2 amide bonds. The number of hydrogen-bond donors (Lipinski definition) is 1. The second kappa shape index (κ2) is 11.8. The fourth-order valence-electron chi connectivity index (χ4n) is 4.08. The smallest absolute Gasteiger partial charge is 0.338 e. The number of anilines is 2. The zero-order valence-electron chi connectivity index (χ0n) is 21.4. The summed E-state index contributed by atoms with van der Waals surface area (Å²) in [5.74, 6) is -1.20. The number of esters is 1. The van der Waals surface area contributed by atoms with Crippen LogP contribution in [0, 0.1) is 25.2 Å². The van der Waals surface area contributed by atoms with Gasteiger partial charge in [-0.05, 0) is 74.2 Å². The van der Waals surface area contributed by atoms with E-state index in [-0.39, 0.29) is 18.1 Å². The molecule has 192 valence electrons. The molecule has 1 aliphatic heterocycles. The first-order chi connectivity index (χ1) is 18.3. The number of para-hydroxylation sites is 1. The molecule has 1 heterocycles. The predicted molar refractivity (Wildman–Crippen MR) is 149 cm³/mol. The molecule has 38 heavy (non-hydrogen) atoms. The van der Waals surface area contributed by atoms with Crippen LogP contribution in [0.15, 0.2) is 83.4 Å². The van der Waals surface area contributed by atoms with Crippen LogP contribution in [0.3, 0.4) is 0 Å². The first-order valence-corrected chi connectivity index (χ1v) is 13.1. The Balaban J connectivity index is 1.66. The van der Waals surface area contributed by atoms with E-state index >= 15 is 0 Å². The molecule has 0 aliphatic carbocycles. The van der Waals surface area contributed by atoms with E-state index < -0.39 is 17.1 Å². The van der Waals surface area contributed by atoms with E-state index in [1.54, 1.807) is 61.5 Å². The summed E-state index contributed by atoms with van der Waals surface area (Å²) in [5.41, 5.74) is 4.25. The van der Waals surface area contributed by atoms with Gasteiger partial charge in [-0.2, -0.15) is 5.26 Å². The number of amides is 2. The molecule has 8 heteroatoms. The first kappa shape index (κ1) is 26.7. The second-order valence-corrected chi connectivity index (χ2v) is 9.92. The van der Waals surface area contributed by atoms with Crippen molar-refractivity contribution in [3.63, 3.8) is 0 Å². The van der Waals surface area contributed by atoms with Gasteiger partial charge in [-0.3, -0.25) is 14.5 Å². The fraction of sp³-hybridized carbons (Fsp3) is 0.200. The van der Waals surface area contributed by atoms with Gasteiger partial charge in [0.15, 0.2) is 0 Å². The van der Waals surface area contributed by atoms with E-state index in [0.29, 0.717) is 28.4 Å². The minimum absolute atomic E-state index is 0.131. The molecule has 1 unspecified atom stereocenters. The van der Waals surface area contributed by atoms with Crippen LogP contribution >= 0.6 is 11.8 Å². The molecule has 0 aromatic heterocycles. The number of rotatable bonds is 7. The van der Waals surface area contributed by atoms with Crippen LogP contribution in [0.25, 0.3) is 0 Å². The molecule has 1 N–H and O–H groups in total. The molecule has 3 aromatic carbocycles. The standard InChI is InChI=1S/C30H27N3O4S/c1-4-37-30(36)22-15-13-21(14-16-22)17-26-28(35)33(23-10-6-5-7-11-23)29(38-26)24(18-31)27(34)32-25-12-8-9-19(2)20(25)3/h5-16,26H,4,17H2,1-3H3,(H,32,34)/b29-24+. The molecule has 1 saturated heterocycles. The number of carbonyl (C=O) groups excluding carboxylic acids is 3. The Morgan fingerprint density at radius 2 is 1.74 bits per heavy atom. The molecule has 1 fully saturated rings.